The minimum Gasteiger partial charge on any atom is -0.508 e. The van der Waals surface area contributed by atoms with Gasteiger partial charge < -0.3 is 30.0 Å². The molecule has 254 valence electrons. The van der Waals surface area contributed by atoms with Gasteiger partial charge in [-0.05, 0) is 90.1 Å². The largest absolute Gasteiger partial charge is 0.508 e. The molecule has 6 nitrogen and oxygen atoms in total. The average molecular weight is 677 g/mol. The van der Waals surface area contributed by atoms with Gasteiger partial charge in [-0.1, -0.05) is 146 Å². The zero-order valence-corrected chi connectivity index (χ0v) is 28.4. The van der Waals surface area contributed by atoms with Crippen LogP contribution in [-0.4, -0.2) is 30.0 Å². The summed E-state index contributed by atoms with van der Waals surface area (Å²) in [6, 6.07) is 53.5. The molecule has 0 saturated carbocycles. The zero-order chi connectivity index (χ0) is 35.1. The molecule has 0 bridgehead atoms. The first-order valence-electron chi connectivity index (χ1n) is 16.1. The Balaban J connectivity index is 0.000000188. The van der Waals surface area contributed by atoms with Crippen molar-refractivity contribution < 1.29 is 30.0 Å². The van der Waals surface area contributed by atoms with Gasteiger partial charge in [-0.2, -0.15) is 0 Å². The lowest BCUT2D eigenvalue weighted by Gasteiger charge is -2.03. The number of phenols is 3. The van der Waals surface area contributed by atoms with Crippen molar-refractivity contribution in [2.75, 3.05) is 0 Å². The van der Waals surface area contributed by atoms with Crippen molar-refractivity contribution in [2.45, 2.75) is 38.5 Å². The van der Waals surface area contributed by atoms with Crippen LogP contribution in [0.25, 0.3) is 0 Å². The van der Waals surface area contributed by atoms with E-state index in [2.05, 4.69) is 36.4 Å². The van der Waals surface area contributed by atoms with Crippen molar-refractivity contribution in [1.29, 1.82) is 0 Å². The Hall–Kier alpha value is -4.97. The maximum atomic E-state index is 9.59. The van der Waals surface area contributed by atoms with Gasteiger partial charge in [0.05, 0.1) is 0 Å². The van der Waals surface area contributed by atoms with Gasteiger partial charge in [0.2, 0.25) is 0 Å². The predicted molar refractivity (Wildman–Crippen MR) is 199 cm³/mol. The molecule has 0 amide bonds. The molecule has 6 aromatic rings. The van der Waals surface area contributed by atoms with Crippen LogP contribution >= 0.6 is 8.60 Å². The van der Waals surface area contributed by atoms with E-state index in [-0.39, 0.29) is 0 Å². The van der Waals surface area contributed by atoms with Crippen molar-refractivity contribution in [2.24, 2.45) is 0 Å². The Morgan fingerprint density at radius 1 is 0.286 bits per heavy atom. The summed E-state index contributed by atoms with van der Waals surface area (Å²) in [6.45, 7) is 0. The fraction of sp³-hybridized carbons (Fsp3) is 0.143. The highest BCUT2D eigenvalue weighted by Gasteiger charge is 2.01. The second kappa shape index (κ2) is 22.6. The molecular weight excluding hydrogens is 631 g/mol. The number of para-hydroxylation sites is 3. The molecular formula is C42H45O6P. The summed E-state index contributed by atoms with van der Waals surface area (Å²) >= 11 is 0. The Morgan fingerprint density at radius 2 is 0.490 bits per heavy atom. The monoisotopic (exact) mass is 676 g/mol. The van der Waals surface area contributed by atoms with Crippen molar-refractivity contribution >= 4 is 8.60 Å². The topological polar surface area (TPSA) is 121 Å². The van der Waals surface area contributed by atoms with Crippen LogP contribution in [0, 0.1) is 0 Å². The Bertz CT molecular complexity index is 1530. The van der Waals surface area contributed by atoms with Crippen LogP contribution in [0.3, 0.4) is 0 Å². The summed E-state index contributed by atoms with van der Waals surface area (Å²) in [5.74, 6) is 1.19. The first kappa shape index (κ1) is 38.5. The summed E-state index contributed by atoms with van der Waals surface area (Å²) in [6.07, 6.45) is 5.57. The SMILES string of the molecule is OP(O)O.Oc1ccccc1CCc1ccccc1.Oc1ccccc1CCc1ccccc1.Oc1ccccc1CCc1ccccc1. The van der Waals surface area contributed by atoms with Gasteiger partial charge in [0.1, 0.15) is 17.2 Å². The summed E-state index contributed by atoms with van der Waals surface area (Å²) in [5.41, 5.74) is 6.96. The number of rotatable bonds is 9. The first-order chi connectivity index (χ1) is 23.8. The van der Waals surface area contributed by atoms with E-state index in [9.17, 15) is 15.3 Å². The molecule has 6 N–H and O–H groups in total. The van der Waals surface area contributed by atoms with E-state index in [0.29, 0.717) is 17.2 Å². The van der Waals surface area contributed by atoms with Gasteiger partial charge in [-0.3, -0.25) is 0 Å². The Morgan fingerprint density at radius 3 is 0.714 bits per heavy atom. The second-order valence-electron chi connectivity index (χ2n) is 11.1. The first-order valence-corrected chi connectivity index (χ1v) is 17.3. The molecule has 6 rings (SSSR count). The predicted octanol–water partition coefficient (Wildman–Crippen LogP) is 8.72. The number of benzene rings is 6. The van der Waals surface area contributed by atoms with Crippen molar-refractivity contribution in [1.82, 2.24) is 0 Å². The summed E-state index contributed by atoms with van der Waals surface area (Å²) in [5, 5.41) is 28.8. The number of aromatic hydroxyl groups is 3. The molecule has 6 aromatic carbocycles. The lowest BCUT2D eigenvalue weighted by molar-refractivity contribution is 0.368. The normalized spacial score (nSPS) is 10.0. The molecule has 0 unspecified atom stereocenters. The number of hydrogen-bond donors (Lipinski definition) is 6. The van der Waals surface area contributed by atoms with Crippen LogP contribution in [0.2, 0.25) is 0 Å². The molecule has 0 saturated heterocycles. The van der Waals surface area contributed by atoms with Crippen LogP contribution < -0.4 is 0 Å². The van der Waals surface area contributed by atoms with E-state index in [1.165, 1.54) is 16.7 Å². The van der Waals surface area contributed by atoms with Gasteiger partial charge >= 0.3 is 8.60 Å². The molecule has 0 fully saturated rings. The van der Waals surface area contributed by atoms with Crippen LogP contribution in [-0.2, 0) is 38.5 Å². The second-order valence-corrected chi connectivity index (χ2v) is 11.6. The Kier molecular flexibility index (Phi) is 17.7. The van der Waals surface area contributed by atoms with Crippen LogP contribution in [0.1, 0.15) is 33.4 Å². The summed E-state index contributed by atoms with van der Waals surface area (Å²) in [4.78, 5) is 21.7. The van der Waals surface area contributed by atoms with E-state index in [1.807, 2.05) is 109 Å². The van der Waals surface area contributed by atoms with Gasteiger partial charge in [-0.25, -0.2) is 0 Å². The fourth-order valence-electron chi connectivity index (χ4n) is 4.94. The lowest BCUT2D eigenvalue weighted by atomic mass is 10.0. The highest BCUT2D eigenvalue weighted by atomic mass is 31.2. The lowest BCUT2D eigenvalue weighted by Crippen LogP contribution is -1.91. The molecule has 0 atom stereocenters. The van der Waals surface area contributed by atoms with Crippen molar-refractivity contribution in [3.63, 3.8) is 0 Å². The highest BCUT2D eigenvalue weighted by Crippen LogP contribution is 2.20. The molecule has 7 heteroatoms. The summed E-state index contributed by atoms with van der Waals surface area (Å²) < 4.78 is 0. The highest BCUT2D eigenvalue weighted by molar-refractivity contribution is 7.38. The maximum Gasteiger partial charge on any atom is 0.324 e. The zero-order valence-electron chi connectivity index (χ0n) is 27.5. The van der Waals surface area contributed by atoms with E-state index in [0.717, 1.165) is 55.2 Å². The van der Waals surface area contributed by atoms with E-state index in [4.69, 9.17) is 14.7 Å². The molecule has 0 heterocycles. The molecule has 0 aliphatic heterocycles. The third-order valence-corrected chi connectivity index (χ3v) is 7.55. The molecule has 0 aliphatic carbocycles. The quantitative estimate of drug-likeness (QED) is 0.0853. The number of hydrogen-bond acceptors (Lipinski definition) is 6. The third kappa shape index (κ3) is 16.1. The number of phenolic OH excluding ortho intramolecular Hbond substituents is 3. The van der Waals surface area contributed by atoms with E-state index in [1.54, 1.807) is 18.2 Å². The smallest absolute Gasteiger partial charge is 0.324 e. The van der Waals surface area contributed by atoms with Gasteiger partial charge in [0, 0.05) is 0 Å². The van der Waals surface area contributed by atoms with E-state index >= 15 is 0 Å². The minimum atomic E-state index is -2.62. The Labute approximate surface area is 290 Å². The third-order valence-electron chi connectivity index (χ3n) is 7.55. The molecule has 0 aliphatic rings. The van der Waals surface area contributed by atoms with Crippen LogP contribution in [0.5, 0.6) is 17.2 Å². The maximum absolute atomic E-state index is 9.59. The van der Waals surface area contributed by atoms with Gasteiger partial charge in [-0.15, -0.1) is 0 Å². The van der Waals surface area contributed by atoms with Crippen LogP contribution in [0.4, 0.5) is 0 Å². The molecule has 0 aromatic heterocycles. The fourth-order valence-corrected chi connectivity index (χ4v) is 4.94. The van der Waals surface area contributed by atoms with E-state index < -0.39 is 8.60 Å². The van der Waals surface area contributed by atoms with Gasteiger partial charge in [0.25, 0.3) is 0 Å². The van der Waals surface area contributed by atoms with Crippen molar-refractivity contribution in [3.8, 4) is 17.2 Å². The number of aryl methyl sites for hydroxylation is 6. The molecule has 0 spiro atoms. The molecule has 49 heavy (non-hydrogen) atoms. The summed E-state index contributed by atoms with van der Waals surface area (Å²) in [7, 11) is -2.62. The minimum absolute atomic E-state index is 0.397. The molecule has 0 radical (unpaired) electrons. The van der Waals surface area contributed by atoms with Crippen molar-refractivity contribution in [3.05, 3.63) is 197 Å². The van der Waals surface area contributed by atoms with Crippen LogP contribution in [0.15, 0.2) is 164 Å². The standard InChI is InChI=1S/3C14H14O.H3O3P/c3*15-14-9-5-4-8-13(14)11-10-12-6-2-1-3-7-12;1-4(2)3/h3*1-9,15H,10-11H2;1-3H. The average Bonchev–Trinajstić information content (AvgIpc) is 3.12. The van der Waals surface area contributed by atoms with Gasteiger partial charge in [0.15, 0.2) is 0 Å².